The number of carbonyl (C=O) groups is 1. The number of Topliss-reactive ketones (excluding diaryl/α,β-unsaturated/α-hetero) is 1. The molecule has 0 aromatic heterocycles. The lowest BCUT2D eigenvalue weighted by atomic mass is 10.1. The van der Waals surface area contributed by atoms with Gasteiger partial charge < -0.3 is 0 Å². The van der Waals surface area contributed by atoms with Crippen LogP contribution in [0.1, 0.15) is 5.56 Å². The van der Waals surface area contributed by atoms with Gasteiger partial charge in [0.25, 0.3) is 10.0 Å². The van der Waals surface area contributed by atoms with Gasteiger partial charge in [-0.3, -0.25) is 4.79 Å². The van der Waals surface area contributed by atoms with Crippen LogP contribution in [-0.4, -0.2) is 25.7 Å². The first-order chi connectivity index (χ1) is 13.3. The Hall–Kier alpha value is -2.25. The lowest BCUT2D eigenvalue weighted by Gasteiger charge is -2.11. The van der Waals surface area contributed by atoms with Crippen molar-refractivity contribution in [1.29, 1.82) is 0 Å². The Labute approximate surface area is 176 Å². The molecule has 5 nitrogen and oxygen atoms in total. The third-order valence-electron chi connectivity index (χ3n) is 3.60. The molecule has 0 atom stereocenters. The highest BCUT2D eigenvalue weighted by Gasteiger charge is 2.25. The largest absolute Gasteiger partial charge is 0.287 e. The summed E-state index contributed by atoms with van der Waals surface area (Å²) in [5.74, 6) is -0.764. The van der Waals surface area contributed by atoms with Crippen LogP contribution in [0.15, 0.2) is 96.1 Å². The average Bonchev–Trinajstić information content (AvgIpc) is 2.71. The van der Waals surface area contributed by atoms with Gasteiger partial charge in [0, 0.05) is 5.56 Å². The maximum Gasteiger partial charge on any atom is 0.284 e. The van der Waals surface area contributed by atoms with E-state index in [9.17, 15) is 13.2 Å². The van der Waals surface area contributed by atoms with Crippen LogP contribution in [0.4, 0.5) is 0 Å². The van der Waals surface area contributed by atoms with Gasteiger partial charge in [-0.05, 0) is 18.2 Å². The summed E-state index contributed by atoms with van der Waals surface area (Å²) in [5, 5.41) is -0.630. The van der Waals surface area contributed by atoms with E-state index in [4.69, 9.17) is 34.8 Å². The van der Waals surface area contributed by atoms with Crippen LogP contribution in [-0.2, 0) is 14.8 Å². The zero-order valence-corrected chi connectivity index (χ0v) is 17.1. The predicted octanol–water partition coefficient (Wildman–Crippen LogP) is 4.66. The molecular formula is C19H11Cl3N2O3S. The third-order valence-corrected chi connectivity index (χ3v) is 6.01. The molecule has 28 heavy (non-hydrogen) atoms. The Morgan fingerprint density at radius 1 is 0.821 bits per heavy atom. The first kappa shape index (κ1) is 20.5. The van der Waals surface area contributed by atoms with Gasteiger partial charge in [0.15, 0.2) is 5.84 Å². The smallest absolute Gasteiger partial charge is 0.284 e. The van der Waals surface area contributed by atoms with Crippen LogP contribution < -0.4 is 0 Å². The summed E-state index contributed by atoms with van der Waals surface area (Å²) in [6.07, 6.45) is 1.21. The van der Waals surface area contributed by atoms with E-state index in [1.807, 2.05) is 0 Å². The molecule has 1 aliphatic rings. The van der Waals surface area contributed by atoms with Crippen molar-refractivity contribution >= 4 is 62.2 Å². The molecule has 2 aromatic rings. The maximum absolute atomic E-state index is 12.7. The first-order valence-electron chi connectivity index (χ1n) is 7.81. The van der Waals surface area contributed by atoms with Crippen molar-refractivity contribution in [2.45, 2.75) is 4.90 Å². The molecule has 0 fully saturated rings. The minimum absolute atomic E-state index is 0.00991. The maximum atomic E-state index is 12.7. The van der Waals surface area contributed by atoms with Crippen LogP contribution in [0.5, 0.6) is 0 Å². The van der Waals surface area contributed by atoms with E-state index in [1.165, 1.54) is 18.2 Å². The predicted molar refractivity (Wildman–Crippen MR) is 112 cm³/mol. The number of allylic oxidation sites excluding steroid dienone is 4. The van der Waals surface area contributed by atoms with Crippen LogP contribution in [0.3, 0.4) is 0 Å². The summed E-state index contributed by atoms with van der Waals surface area (Å²) in [6, 6.07) is 16.2. The number of hydrogen-bond acceptors (Lipinski definition) is 3. The first-order valence-corrected chi connectivity index (χ1v) is 10.4. The number of benzene rings is 2. The van der Waals surface area contributed by atoms with Crippen molar-refractivity contribution in [3.63, 3.8) is 0 Å². The Kier molecular flexibility index (Phi) is 6.15. The van der Waals surface area contributed by atoms with E-state index in [0.717, 1.165) is 0 Å². The minimum Gasteiger partial charge on any atom is -0.287 e. The molecule has 0 bridgehead atoms. The van der Waals surface area contributed by atoms with Crippen LogP contribution in [0.2, 0.25) is 0 Å². The van der Waals surface area contributed by atoms with Gasteiger partial charge in [-0.1, -0.05) is 83.3 Å². The number of rotatable bonds is 3. The molecule has 0 radical (unpaired) electrons. The second-order valence-electron chi connectivity index (χ2n) is 5.52. The number of amidine groups is 1. The molecule has 2 aromatic carbocycles. The molecule has 0 unspecified atom stereocenters. The van der Waals surface area contributed by atoms with E-state index in [1.54, 1.807) is 48.5 Å². The van der Waals surface area contributed by atoms with Crippen molar-refractivity contribution in [1.82, 2.24) is 0 Å². The van der Waals surface area contributed by atoms with E-state index in [-0.39, 0.29) is 31.5 Å². The number of nitrogens with zero attached hydrogens (tertiary/aromatic N) is 2. The van der Waals surface area contributed by atoms with Gasteiger partial charge in [0.1, 0.15) is 5.03 Å². The summed E-state index contributed by atoms with van der Waals surface area (Å²) < 4.78 is 29.3. The van der Waals surface area contributed by atoms with Gasteiger partial charge >= 0.3 is 0 Å². The monoisotopic (exact) mass is 452 g/mol. The fraction of sp³-hybridized carbons (Fsp3) is 0. The van der Waals surface area contributed by atoms with Crippen LogP contribution >= 0.6 is 34.8 Å². The summed E-state index contributed by atoms with van der Waals surface area (Å²) >= 11 is 17.9. The molecule has 0 amide bonds. The fourth-order valence-corrected chi connectivity index (χ4v) is 3.85. The summed E-state index contributed by atoms with van der Waals surface area (Å²) in [7, 11) is -4.05. The number of carbonyl (C=O) groups excluding carboxylic acids is 1. The van der Waals surface area contributed by atoms with Crippen LogP contribution in [0.25, 0.3) is 0 Å². The quantitative estimate of drug-likeness (QED) is 0.385. The highest BCUT2D eigenvalue weighted by molar-refractivity contribution is 7.90. The normalized spacial score (nSPS) is 17.1. The molecule has 0 aliphatic heterocycles. The number of halogens is 3. The summed E-state index contributed by atoms with van der Waals surface area (Å²) in [6.45, 7) is 0. The molecular weight excluding hydrogens is 443 g/mol. The fourth-order valence-electron chi connectivity index (χ4n) is 2.25. The molecule has 0 saturated heterocycles. The van der Waals surface area contributed by atoms with Gasteiger partial charge in [-0.15, -0.1) is 4.40 Å². The second kappa shape index (κ2) is 8.41. The Balaban J connectivity index is 2.19. The molecule has 0 saturated carbocycles. The average molecular weight is 454 g/mol. The van der Waals surface area contributed by atoms with E-state index in [2.05, 4.69) is 9.39 Å². The Morgan fingerprint density at radius 2 is 1.39 bits per heavy atom. The summed E-state index contributed by atoms with van der Waals surface area (Å²) in [5.41, 5.74) is 0.457. The van der Waals surface area contributed by atoms with Gasteiger partial charge in [-0.2, -0.15) is 8.42 Å². The number of aliphatic imine (C=N–C) groups is 1. The lowest BCUT2D eigenvalue weighted by molar-refractivity contribution is -0.111. The van der Waals surface area contributed by atoms with Crippen molar-refractivity contribution in [3.8, 4) is 0 Å². The zero-order chi connectivity index (χ0) is 20.3. The standard InChI is InChI=1S/C19H11Cl3N2O3S/c20-14-11-15(16(21)17(22)18(14)25)23-19(12-7-3-1-4-8-12)24-28(26,27)13-9-5-2-6-10-13/h1-11H/b23-15?,24-19+. The van der Waals surface area contributed by atoms with Gasteiger partial charge in [0.05, 0.1) is 20.7 Å². The lowest BCUT2D eigenvalue weighted by Crippen LogP contribution is -2.14. The van der Waals surface area contributed by atoms with Gasteiger partial charge in [0.2, 0.25) is 5.78 Å². The molecule has 3 rings (SSSR count). The van der Waals surface area contributed by atoms with Crippen molar-refractivity contribution in [2.24, 2.45) is 9.39 Å². The van der Waals surface area contributed by atoms with Crippen molar-refractivity contribution < 1.29 is 13.2 Å². The van der Waals surface area contributed by atoms with E-state index < -0.39 is 15.8 Å². The molecule has 0 N–H and O–H groups in total. The van der Waals surface area contributed by atoms with E-state index in [0.29, 0.717) is 5.56 Å². The number of sulfonamides is 1. The van der Waals surface area contributed by atoms with Gasteiger partial charge in [-0.25, -0.2) is 4.99 Å². The molecule has 9 heteroatoms. The third kappa shape index (κ3) is 4.42. The van der Waals surface area contributed by atoms with Crippen LogP contribution in [0, 0.1) is 0 Å². The minimum atomic E-state index is -4.05. The SMILES string of the molecule is O=C1C(Cl)=CC(=N/C(=N/S(=O)(=O)c2ccccc2)c2ccccc2)C(Cl)=C1Cl. The second-order valence-corrected chi connectivity index (χ2v) is 8.28. The summed E-state index contributed by atoms with van der Waals surface area (Å²) in [4.78, 5) is 16.0. The van der Waals surface area contributed by atoms with Crippen molar-refractivity contribution in [2.75, 3.05) is 0 Å². The highest BCUT2D eigenvalue weighted by Crippen LogP contribution is 2.28. The molecule has 142 valence electrons. The molecule has 0 heterocycles. The van der Waals surface area contributed by atoms with Crippen molar-refractivity contribution in [3.05, 3.63) is 87.4 Å². The number of ketones is 1. The topological polar surface area (TPSA) is 75.9 Å². The Bertz CT molecular complexity index is 1150. The Morgan fingerprint density at radius 3 is 2.00 bits per heavy atom. The molecule has 1 aliphatic carbocycles. The molecule has 0 spiro atoms. The van der Waals surface area contributed by atoms with E-state index >= 15 is 0 Å². The highest BCUT2D eigenvalue weighted by atomic mass is 35.5. The zero-order valence-electron chi connectivity index (χ0n) is 14.0. The number of hydrogen-bond donors (Lipinski definition) is 0.